The zero-order chi connectivity index (χ0) is 16.6. The van der Waals surface area contributed by atoms with Crippen molar-refractivity contribution in [1.82, 2.24) is 10.2 Å². The van der Waals surface area contributed by atoms with Gasteiger partial charge in [-0.05, 0) is 36.5 Å². The first kappa shape index (κ1) is 16.6. The number of hydrogen-bond donors (Lipinski definition) is 1. The second-order valence-corrected chi connectivity index (χ2v) is 9.26. The lowest BCUT2D eigenvalue weighted by Gasteiger charge is -2.17. The first-order valence-electron chi connectivity index (χ1n) is 7.80. The Labute approximate surface area is 141 Å². The topological polar surface area (TPSA) is 66.5 Å². The zero-order valence-electron chi connectivity index (χ0n) is 13.0. The Kier molecular flexibility index (Phi) is 4.56. The van der Waals surface area contributed by atoms with Gasteiger partial charge in [-0.3, -0.25) is 0 Å². The largest absolute Gasteiger partial charge is 0.335 e. The van der Waals surface area contributed by atoms with Crippen molar-refractivity contribution < 1.29 is 13.2 Å². The molecule has 1 saturated heterocycles. The maximum Gasteiger partial charge on any atom is 0.317 e. The van der Waals surface area contributed by atoms with Gasteiger partial charge in [0.05, 0.1) is 5.75 Å². The number of rotatable bonds is 4. The molecule has 1 unspecified atom stereocenters. The highest BCUT2D eigenvalue weighted by Crippen LogP contribution is 2.41. The van der Waals surface area contributed by atoms with Crippen LogP contribution < -0.4 is 5.32 Å². The van der Waals surface area contributed by atoms with E-state index in [4.69, 9.17) is 11.6 Å². The summed E-state index contributed by atoms with van der Waals surface area (Å²) in [6.45, 7) is 1.15. The minimum Gasteiger partial charge on any atom is -0.335 e. The van der Waals surface area contributed by atoms with Crippen molar-refractivity contribution in [2.45, 2.75) is 24.8 Å². The molecular weight excluding hydrogens is 336 g/mol. The van der Waals surface area contributed by atoms with E-state index in [0.29, 0.717) is 24.0 Å². The van der Waals surface area contributed by atoms with Crippen LogP contribution in [-0.4, -0.2) is 50.5 Å². The molecular formula is C16H21ClN2O3S. The Morgan fingerprint density at radius 2 is 2.04 bits per heavy atom. The number of carbonyl (C=O) groups excluding carboxylic acids is 1. The fourth-order valence-corrected chi connectivity index (χ4v) is 4.52. The standard InChI is InChI=1S/C16H21ClN2O3S/c1-23(21,22)10-11-6-7-19(9-11)16(20)18-15-8-14(15)12-2-4-13(17)5-3-12/h2-5,11,14-15H,6-10H2,1H3,(H,18,20)/t11?,14-,15+/m0/s1. The Balaban J connectivity index is 1.48. The van der Waals surface area contributed by atoms with Gasteiger partial charge in [-0.1, -0.05) is 23.7 Å². The maximum absolute atomic E-state index is 12.3. The molecule has 23 heavy (non-hydrogen) atoms. The Hall–Kier alpha value is -1.27. The number of nitrogens with one attached hydrogen (secondary N) is 1. The van der Waals surface area contributed by atoms with Crippen LogP contribution in [-0.2, 0) is 9.84 Å². The minimum atomic E-state index is -2.98. The highest BCUT2D eigenvalue weighted by molar-refractivity contribution is 7.90. The summed E-state index contributed by atoms with van der Waals surface area (Å²) in [6.07, 6.45) is 2.94. The molecule has 2 amide bonds. The third-order valence-corrected chi connectivity index (χ3v) is 5.84. The second kappa shape index (κ2) is 6.32. The summed E-state index contributed by atoms with van der Waals surface area (Å²) in [5, 5.41) is 3.76. The van der Waals surface area contributed by atoms with Gasteiger partial charge >= 0.3 is 6.03 Å². The molecule has 1 N–H and O–H groups in total. The molecule has 1 saturated carbocycles. The van der Waals surface area contributed by atoms with E-state index in [-0.39, 0.29) is 23.7 Å². The molecule has 3 rings (SSSR count). The molecule has 3 atom stereocenters. The number of hydrogen-bond acceptors (Lipinski definition) is 3. The normalized spacial score (nSPS) is 27.0. The molecule has 0 aromatic heterocycles. The van der Waals surface area contributed by atoms with Crippen LogP contribution in [0.3, 0.4) is 0 Å². The van der Waals surface area contributed by atoms with E-state index in [1.807, 2.05) is 24.3 Å². The first-order valence-corrected chi connectivity index (χ1v) is 10.2. The van der Waals surface area contributed by atoms with Crippen molar-refractivity contribution in [2.24, 2.45) is 5.92 Å². The van der Waals surface area contributed by atoms with Gasteiger partial charge in [0, 0.05) is 36.3 Å². The average Bonchev–Trinajstić information content (AvgIpc) is 3.05. The van der Waals surface area contributed by atoms with Gasteiger partial charge in [0.2, 0.25) is 0 Å². The lowest BCUT2D eigenvalue weighted by atomic mass is 10.1. The molecule has 1 aliphatic carbocycles. The van der Waals surface area contributed by atoms with Crippen molar-refractivity contribution in [3.8, 4) is 0 Å². The van der Waals surface area contributed by atoms with Crippen LogP contribution in [0.25, 0.3) is 0 Å². The molecule has 7 heteroatoms. The summed E-state index contributed by atoms with van der Waals surface area (Å²) in [7, 11) is -2.98. The monoisotopic (exact) mass is 356 g/mol. The second-order valence-electron chi connectivity index (χ2n) is 6.64. The summed E-state index contributed by atoms with van der Waals surface area (Å²) in [5.74, 6) is 0.570. The fourth-order valence-electron chi connectivity index (χ4n) is 3.26. The molecule has 0 bridgehead atoms. The van der Waals surface area contributed by atoms with Crippen LogP contribution in [0.2, 0.25) is 5.02 Å². The van der Waals surface area contributed by atoms with E-state index in [1.54, 1.807) is 4.90 Å². The molecule has 5 nitrogen and oxygen atoms in total. The van der Waals surface area contributed by atoms with E-state index < -0.39 is 9.84 Å². The molecule has 0 radical (unpaired) electrons. The zero-order valence-corrected chi connectivity index (χ0v) is 14.6. The van der Waals surface area contributed by atoms with E-state index >= 15 is 0 Å². The van der Waals surface area contributed by atoms with Crippen LogP contribution in [0.4, 0.5) is 4.79 Å². The van der Waals surface area contributed by atoms with Gasteiger partial charge in [-0.25, -0.2) is 13.2 Å². The van der Waals surface area contributed by atoms with Crippen molar-refractivity contribution in [3.05, 3.63) is 34.9 Å². The van der Waals surface area contributed by atoms with E-state index in [2.05, 4.69) is 5.32 Å². The van der Waals surface area contributed by atoms with Crippen LogP contribution in [0.5, 0.6) is 0 Å². The number of halogens is 1. The lowest BCUT2D eigenvalue weighted by molar-refractivity contribution is 0.207. The Morgan fingerprint density at radius 1 is 1.35 bits per heavy atom. The SMILES string of the molecule is CS(=O)(=O)CC1CCN(C(=O)N[C@@H]2C[C@H]2c2ccc(Cl)cc2)C1. The van der Waals surface area contributed by atoms with Crippen LogP contribution >= 0.6 is 11.6 Å². The number of urea groups is 1. The van der Waals surface area contributed by atoms with Crippen molar-refractivity contribution in [1.29, 1.82) is 0 Å². The lowest BCUT2D eigenvalue weighted by Crippen LogP contribution is -2.40. The van der Waals surface area contributed by atoms with Crippen molar-refractivity contribution >= 4 is 27.5 Å². The van der Waals surface area contributed by atoms with E-state index in [0.717, 1.165) is 12.8 Å². The van der Waals surface area contributed by atoms with Gasteiger partial charge in [0.15, 0.2) is 0 Å². The highest BCUT2D eigenvalue weighted by Gasteiger charge is 2.41. The van der Waals surface area contributed by atoms with Crippen LogP contribution in [0.15, 0.2) is 24.3 Å². The van der Waals surface area contributed by atoms with Crippen molar-refractivity contribution in [3.63, 3.8) is 0 Å². The number of nitrogens with zero attached hydrogens (tertiary/aromatic N) is 1. The molecule has 2 fully saturated rings. The average molecular weight is 357 g/mol. The third-order valence-electron chi connectivity index (χ3n) is 4.51. The predicted octanol–water partition coefficient (Wildman–Crippen LogP) is 2.27. The number of benzene rings is 1. The van der Waals surface area contributed by atoms with Gasteiger partial charge in [0.25, 0.3) is 0 Å². The smallest absolute Gasteiger partial charge is 0.317 e. The summed E-state index contributed by atoms with van der Waals surface area (Å²) in [6, 6.07) is 7.81. The molecule has 2 aliphatic rings. The number of amides is 2. The number of sulfone groups is 1. The van der Waals surface area contributed by atoms with Crippen LogP contribution in [0, 0.1) is 5.92 Å². The summed E-state index contributed by atoms with van der Waals surface area (Å²) in [4.78, 5) is 14.0. The van der Waals surface area contributed by atoms with E-state index in [9.17, 15) is 13.2 Å². The summed E-state index contributed by atoms with van der Waals surface area (Å²) < 4.78 is 22.7. The number of carbonyl (C=O) groups is 1. The maximum atomic E-state index is 12.3. The van der Waals surface area contributed by atoms with Gasteiger partial charge in [-0.15, -0.1) is 0 Å². The molecule has 1 aromatic carbocycles. The molecule has 126 valence electrons. The van der Waals surface area contributed by atoms with Crippen LogP contribution in [0.1, 0.15) is 24.3 Å². The summed E-state index contributed by atoms with van der Waals surface area (Å²) in [5.41, 5.74) is 1.19. The molecule has 1 heterocycles. The Bertz CT molecular complexity index is 690. The third kappa shape index (κ3) is 4.38. The fraction of sp³-hybridized carbons (Fsp3) is 0.562. The Morgan fingerprint density at radius 3 is 2.70 bits per heavy atom. The predicted molar refractivity (Wildman–Crippen MR) is 90.5 cm³/mol. The minimum absolute atomic E-state index is 0.0574. The molecule has 0 spiro atoms. The van der Waals surface area contributed by atoms with E-state index in [1.165, 1.54) is 11.8 Å². The number of likely N-dealkylation sites (tertiary alicyclic amines) is 1. The quantitative estimate of drug-likeness (QED) is 0.900. The molecule has 1 aliphatic heterocycles. The molecule has 1 aromatic rings. The van der Waals surface area contributed by atoms with Gasteiger partial charge < -0.3 is 10.2 Å². The summed E-state index contributed by atoms with van der Waals surface area (Å²) >= 11 is 5.88. The van der Waals surface area contributed by atoms with Gasteiger partial charge in [-0.2, -0.15) is 0 Å². The first-order chi connectivity index (χ1) is 10.8. The van der Waals surface area contributed by atoms with Gasteiger partial charge in [0.1, 0.15) is 9.84 Å². The highest BCUT2D eigenvalue weighted by atomic mass is 35.5. The van der Waals surface area contributed by atoms with Crippen molar-refractivity contribution in [2.75, 3.05) is 25.1 Å².